The fourth-order valence-electron chi connectivity index (χ4n) is 6.09. The molecule has 230 valence electrons. The maximum Gasteiger partial charge on any atom is 0.358 e. The van der Waals surface area contributed by atoms with Crippen molar-refractivity contribution in [3.05, 3.63) is 126 Å². The molecule has 0 aromatic heterocycles. The second kappa shape index (κ2) is 13.6. The number of benzene rings is 4. The topological polar surface area (TPSA) is 68.2 Å². The Balaban J connectivity index is 1.38. The first-order chi connectivity index (χ1) is 21.1. The van der Waals surface area contributed by atoms with Gasteiger partial charge in [0, 0.05) is 25.9 Å². The van der Waals surface area contributed by atoms with E-state index >= 15 is 0 Å². The molecule has 44 heavy (non-hydrogen) atoms. The van der Waals surface area contributed by atoms with Gasteiger partial charge in [0.15, 0.2) is 0 Å². The van der Waals surface area contributed by atoms with Crippen molar-refractivity contribution in [2.24, 2.45) is 5.16 Å². The smallest absolute Gasteiger partial charge is 0.358 e. The van der Waals surface area contributed by atoms with Gasteiger partial charge in [0.05, 0.1) is 18.4 Å². The quantitative estimate of drug-likeness (QED) is 0.149. The first-order valence-electron chi connectivity index (χ1n) is 15.2. The maximum atomic E-state index is 12.7. The van der Waals surface area contributed by atoms with E-state index in [-0.39, 0.29) is 16.0 Å². The Labute approximate surface area is 263 Å². The summed E-state index contributed by atoms with van der Waals surface area (Å²) in [5.41, 5.74) is 2.93. The van der Waals surface area contributed by atoms with E-state index in [1.54, 1.807) is 24.3 Å². The molecule has 0 radical (unpaired) electrons. The van der Waals surface area contributed by atoms with E-state index in [4.69, 9.17) is 8.71 Å². The molecule has 1 aliphatic rings. The number of rotatable bonds is 10. The van der Waals surface area contributed by atoms with Gasteiger partial charge in [-0.2, -0.15) is 8.42 Å². The molecule has 0 saturated carbocycles. The van der Waals surface area contributed by atoms with Crippen molar-refractivity contribution < 1.29 is 17.1 Å². The van der Waals surface area contributed by atoms with Gasteiger partial charge in [-0.05, 0) is 40.0 Å². The van der Waals surface area contributed by atoms with Crippen molar-refractivity contribution in [1.29, 1.82) is 0 Å². The third kappa shape index (κ3) is 7.05. The first-order valence-corrected chi connectivity index (χ1v) is 18.5. The second-order valence-electron chi connectivity index (χ2n) is 12.4. The molecule has 0 unspecified atom stereocenters. The molecule has 8 heteroatoms. The molecular weight excluding hydrogens is 585 g/mol. The summed E-state index contributed by atoms with van der Waals surface area (Å²) in [6.45, 7) is 10.8. The summed E-state index contributed by atoms with van der Waals surface area (Å²) in [6.07, 6.45) is 1.23. The molecule has 4 aromatic rings. The van der Waals surface area contributed by atoms with Crippen LogP contribution < -0.4 is 10.4 Å². The molecule has 6 nitrogen and oxygen atoms in total. The Bertz CT molecular complexity index is 1590. The van der Waals surface area contributed by atoms with Crippen LogP contribution in [0.15, 0.2) is 125 Å². The zero-order valence-electron chi connectivity index (χ0n) is 26.0. The predicted octanol–water partition coefficient (Wildman–Crippen LogP) is 6.47. The molecule has 1 saturated heterocycles. The molecule has 0 bridgehead atoms. The molecule has 0 amide bonds. The first kappa shape index (κ1) is 31.8. The van der Waals surface area contributed by atoms with Crippen LogP contribution in [0.5, 0.6) is 0 Å². The highest BCUT2D eigenvalue weighted by atomic mass is 32.2. The Morgan fingerprint density at radius 3 is 1.77 bits per heavy atom. The Morgan fingerprint density at radius 1 is 0.773 bits per heavy atom. The van der Waals surface area contributed by atoms with E-state index in [0.29, 0.717) is 19.4 Å². The third-order valence-corrected chi connectivity index (χ3v) is 14.6. The van der Waals surface area contributed by atoms with Crippen LogP contribution in [0.1, 0.15) is 50.8 Å². The van der Waals surface area contributed by atoms with Gasteiger partial charge in [-0.3, -0.25) is 9.18 Å². The molecule has 1 fully saturated rings. The number of piperidine rings is 1. The molecule has 1 aliphatic heterocycles. The minimum atomic E-state index is -3.96. The fraction of sp³-hybridized carbons (Fsp3) is 0.306. The zero-order valence-corrected chi connectivity index (χ0v) is 27.8. The summed E-state index contributed by atoms with van der Waals surface area (Å²) < 4.78 is 37.9. The SMILES string of the molecule is Cc1ccc(S(=O)(=O)ON=C2CCN([C@@H](CO[Si](c3ccccc3)(c3ccccc3)C(C)(C)C)c3ccccc3)CC2)cc1. The van der Waals surface area contributed by atoms with Crippen LogP contribution >= 0.6 is 0 Å². The zero-order chi connectivity index (χ0) is 31.2. The number of hydrogen-bond donors (Lipinski definition) is 0. The highest BCUT2D eigenvalue weighted by molar-refractivity contribution is 7.86. The van der Waals surface area contributed by atoms with Crippen LogP contribution in [0, 0.1) is 6.92 Å². The summed E-state index contributed by atoms with van der Waals surface area (Å²) >= 11 is 0. The van der Waals surface area contributed by atoms with Gasteiger partial charge in [0.25, 0.3) is 8.32 Å². The van der Waals surface area contributed by atoms with Crippen LogP contribution in [0.3, 0.4) is 0 Å². The van der Waals surface area contributed by atoms with E-state index < -0.39 is 18.4 Å². The average Bonchev–Trinajstić information content (AvgIpc) is 3.03. The lowest BCUT2D eigenvalue weighted by atomic mass is 10.0. The van der Waals surface area contributed by atoms with Crippen LogP contribution in [-0.4, -0.2) is 47.0 Å². The number of likely N-dealkylation sites (tertiary alicyclic amines) is 1. The van der Waals surface area contributed by atoms with Gasteiger partial charge in [-0.15, -0.1) is 0 Å². The number of aryl methyl sites for hydroxylation is 1. The Morgan fingerprint density at radius 2 is 1.27 bits per heavy atom. The maximum absolute atomic E-state index is 12.7. The number of oxime groups is 1. The Hall–Kier alpha value is -3.56. The minimum absolute atomic E-state index is 0.0246. The van der Waals surface area contributed by atoms with E-state index in [1.165, 1.54) is 15.9 Å². The highest BCUT2D eigenvalue weighted by Gasteiger charge is 2.50. The molecule has 5 rings (SSSR count). The molecule has 1 heterocycles. The normalized spacial score (nSPS) is 15.5. The van der Waals surface area contributed by atoms with Gasteiger partial charge < -0.3 is 4.43 Å². The second-order valence-corrected chi connectivity index (χ2v) is 18.3. The van der Waals surface area contributed by atoms with Gasteiger partial charge in [-0.1, -0.05) is 135 Å². The minimum Gasteiger partial charge on any atom is -0.405 e. The predicted molar refractivity (Wildman–Crippen MR) is 180 cm³/mol. The van der Waals surface area contributed by atoms with Crippen LogP contribution in [0.25, 0.3) is 0 Å². The summed E-state index contributed by atoms with van der Waals surface area (Å²) in [5, 5.41) is 6.48. The van der Waals surface area contributed by atoms with Crippen LogP contribution in [0.4, 0.5) is 0 Å². The lowest BCUT2D eigenvalue weighted by Crippen LogP contribution is -2.67. The molecular formula is C36H42N2O4SSi. The van der Waals surface area contributed by atoms with Crippen molar-refractivity contribution in [3.63, 3.8) is 0 Å². The number of hydrogen-bond acceptors (Lipinski definition) is 6. The van der Waals surface area contributed by atoms with Crippen LogP contribution in [-0.2, 0) is 18.8 Å². The van der Waals surface area contributed by atoms with E-state index in [1.807, 2.05) is 13.0 Å². The summed E-state index contributed by atoms with van der Waals surface area (Å²) in [6, 6.07) is 38.6. The molecule has 0 N–H and O–H groups in total. The van der Waals surface area contributed by atoms with E-state index in [2.05, 4.69) is 116 Å². The van der Waals surface area contributed by atoms with Crippen molar-refractivity contribution in [3.8, 4) is 0 Å². The van der Waals surface area contributed by atoms with E-state index in [0.717, 1.165) is 24.4 Å². The van der Waals surface area contributed by atoms with Crippen molar-refractivity contribution in [1.82, 2.24) is 4.90 Å². The largest absolute Gasteiger partial charge is 0.405 e. The van der Waals surface area contributed by atoms with Crippen molar-refractivity contribution >= 4 is 34.5 Å². The molecule has 0 spiro atoms. The van der Waals surface area contributed by atoms with Gasteiger partial charge in [-0.25, -0.2) is 0 Å². The lowest BCUT2D eigenvalue weighted by molar-refractivity contribution is 0.128. The van der Waals surface area contributed by atoms with Gasteiger partial charge >= 0.3 is 10.1 Å². The third-order valence-electron chi connectivity index (χ3n) is 8.45. The molecule has 1 atom stereocenters. The highest BCUT2D eigenvalue weighted by Crippen LogP contribution is 2.38. The summed E-state index contributed by atoms with van der Waals surface area (Å²) in [5.74, 6) is 0. The monoisotopic (exact) mass is 626 g/mol. The van der Waals surface area contributed by atoms with E-state index in [9.17, 15) is 8.42 Å². The lowest BCUT2D eigenvalue weighted by Gasteiger charge is -2.45. The molecule has 4 aromatic carbocycles. The average molecular weight is 627 g/mol. The van der Waals surface area contributed by atoms with Crippen molar-refractivity contribution in [2.75, 3.05) is 19.7 Å². The molecule has 0 aliphatic carbocycles. The van der Waals surface area contributed by atoms with Crippen LogP contribution in [0.2, 0.25) is 5.04 Å². The van der Waals surface area contributed by atoms with Crippen molar-refractivity contribution in [2.45, 2.75) is 56.5 Å². The summed E-state index contributed by atoms with van der Waals surface area (Å²) in [7, 11) is -6.69. The Kier molecular flexibility index (Phi) is 9.85. The van der Waals surface area contributed by atoms with Gasteiger partial charge in [0.2, 0.25) is 0 Å². The fourth-order valence-corrected chi connectivity index (χ4v) is 11.4. The standard InChI is InChI=1S/C36H42N2O4SSi/c1-29-20-22-32(23-21-29)43(39,40)42-37-31-24-26-38(27-25-31)35(30-14-8-5-9-15-30)28-41-44(36(2,3)4,33-16-10-6-11-17-33)34-18-12-7-13-19-34/h5-23,35H,24-28H2,1-4H3/t35-/m0/s1. The summed E-state index contributed by atoms with van der Waals surface area (Å²) in [4.78, 5) is 2.54. The number of nitrogens with zero attached hydrogens (tertiary/aromatic N) is 2. The van der Waals surface area contributed by atoms with Gasteiger partial charge in [0.1, 0.15) is 4.90 Å².